The molecular weight excluding hydrogens is 390 g/mol. The van der Waals surface area contributed by atoms with Crippen molar-refractivity contribution in [2.45, 2.75) is 37.1 Å². The van der Waals surface area contributed by atoms with Crippen molar-refractivity contribution in [3.05, 3.63) is 51.5 Å². The third-order valence-electron chi connectivity index (χ3n) is 5.42. The number of aromatic amines is 1. The molecule has 5 rings (SSSR count). The molecular formula is C20H17N5O3S. The minimum atomic E-state index is -0.670. The predicted molar refractivity (Wildman–Crippen MR) is 106 cm³/mol. The zero-order chi connectivity index (χ0) is 20.0. The van der Waals surface area contributed by atoms with Gasteiger partial charge in [0.1, 0.15) is 22.0 Å². The van der Waals surface area contributed by atoms with Crippen LogP contribution in [0.3, 0.4) is 0 Å². The van der Waals surface area contributed by atoms with Crippen molar-refractivity contribution < 1.29 is 9.53 Å². The number of likely N-dealkylation sites (tertiary alicyclic amines) is 1. The lowest BCUT2D eigenvalue weighted by molar-refractivity contribution is 0.147. The fourth-order valence-electron chi connectivity index (χ4n) is 3.63. The zero-order valence-corrected chi connectivity index (χ0v) is 16.2. The lowest BCUT2D eigenvalue weighted by Crippen LogP contribution is -2.33. The first kappa shape index (κ1) is 17.8. The molecule has 1 N–H and O–H groups in total. The van der Waals surface area contributed by atoms with Crippen LogP contribution in [0.5, 0.6) is 5.75 Å². The quantitative estimate of drug-likeness (QED) is 0.713. The van der Waals surface area contributed by atoms with Crippen LogP contribution < -0.4 is 10.3 Å². The number of H-pyrrole nitrogens is 1. The van der Waals surface area contributed by atoms with E-state index in [1.807, 2.05) is 6.07 Å². The maximum Gasteiger partial charge on any atom is 0.415 e. The Morgan fingerprint density at radius 1 is 1.31 bits per heavy atom. The van der Waals surface area contributed by atoms with E-state index in [-0.39, 0.29) is 17.1 Å². The molecule has 1 atom stereocenters. The van der Waals surface area contributed by atoms with E-state index in [2.05, 4.69) is 21.0 Å². The number of para-hydroxylation sites is 1. The molecule has 1 aliphatic carbocycles. The maximum atomic E-state index is 12.7. The van der Waals surface area contributed by atoms with Gasteiger partial charge in [0.15, 0.2) is 10.3 Å². The fraction of sp³-hybridized carbons (Fsp3) is 0.350. The summed E-state index contributed by atoms with van der Waals surface area (Å²) in [5.41, 5.74) is -0.757. The average Bonchev–Trinajstić information content (AvgIpc) is 3.17. The van der Waals surface area contributed by atoms with Crippen molar-refractivity contribution in [1.29, 1.82) is 5.26 Å². The van der Waals surface area contributed by atoms with E-state index in [0.717, 1.165) is 12.8 Å². The Bertz CT molecular complexity index is 1190. The highest BCUT2D eigenvalue weighted by atomic mass is 32.1. The topological polar surface area (TPSA) is 112 Å². The number of fused-ring (bicyclic) bond motifs is 1. The van der Waals surface area contributed by atoms with Gasteiger partial charge in [0.2, 0.25) is 0 Å². The van der Waals surface area contributed by atoms with E-state index in [1.165, 1.54) is 11.3 Å². The summed E-state index contributed by atoms with van der Waals surface area (Å²) in [6.45, 7) is 0.568. The normalized spacial score (nSPS) is 19.8. The minimum absolute atomic E-state index is 0.251. The molecule has 2 fully saturated rings. The monoisotopic (exact) mass is 407 g/mol. The molecule has 146 valence electrons. The van der Waals surface area contributed by atoms with Crippen LogP contribution in [0.15, 0.2) is 35.1 Å². The summed E-state index contributed by atoms with van der Waals surface area (Å²) < 4.78 is 5.48. The first-order valence-corrected chi connectivity index (χ1v) is 10.3. The van der Waals surface area contributed by atoms with Gasteiger partial charge in [0, 0.05) is 6.54 Å². The van der Waals surface area contributed by atoms with Gasteiger partial charge in [0.25, 0.3) is 5.56 Å². The van der Waals surface area contributed by atoms with Crippen LogP contribution in [0.2, 0.25) is 0 Å². The highest BCUT2D eigenvalue weighted by Gasteiger charge is 2.48. The van der Waals surface area contributed by atoms with E-state index in [4.69, 9.17) is 4.74 Å². The van der Waals surface area contributed by atoms with Crippen molar-refractivity contribution in [3.8, 4) is 11.8 Å². The smallest absolute Gasteiger partial charge is 0.410 e. The van der Waals surface area contributed by atoms with Crippen LogP contribution in [0.1, 0.15) is 42.6 Å². The Morgan fingerprint density at radius 2 is 2.10 bits per heavy atom. The molecule has 3 aromatic rings. The number of carbonyl (C=O) groups excluding carboxylic acids is 1. The van der Waals surface area contributed by atoms with Crippen molar-refractivity contribution in [1.82, 2.24) is 19.9 Å². The molecule has 2 aliphatic rings. The first-order chi connectivity index (χ1) is 14.1. The summed E-state index contributed by atoms with van der Waals surface area (Å²) in [6.07, 6.45) is 2.55. The number of nitrogens with zero attached hydrogens (tertiary/aromatic N) is 4. The number of aromatic nitrogens is 3. The fourth-order valence-corrected chi connectivity index (χ4v) is 4.72. The Morgan fingerprint density at radius 3 is 2.83 bits per heavy atom. The minimum Gasteiger partial charge on any atom is -0.410 e. The van der Waals surface area contributed by atoms with Gasteiger partial charge in [-0.15, -0.1) is 0 Å². The van der Waals surface area contributed by atoms with Crippen LogP contribution >= 0.6 is 11.3 Å². The molecule has 1 unspecified atom stereocenters. The Hall–Kier alpha value is -3.25. The summed E-state index contributed by atoms with van der Waals surface area (Å²) >= 11 is 1.30. The largest absolute Gasteiger partial charge is 0.415 e. The number of benzene rings is 1. The summed E-state index contributed by atoms with van der Waals surface area (Å²) in [4.78, 5) is 39.1. The number of carbonyl (C=O) groups is 1. The second-order valence-corrected chi connectivity index (χ2v) is 8.36. The van der Waals surface area contributed by atoms with E-state index in [9.17, 15) is 14.9 Å². The lowest BCUT2D eigenvalue weighted by Gasteiger charge is -2.22. The number of rotatable bonds is 3. The van der Waals surface area contributed by atoms with Crippen LogP contribution in [0, 0.1) is 11.3 Å². The summed E-state index contributed by atoms with van der Waals surface area (Å²) in [6, 6.07) is 10.9. The number of nitrogens with one attached hydrogen (secondary N) is 1. The molecule has 1 saturated heterocycles. The molecule has 1 aromatic carbocycles. The molecule has 0 radical (unpaired) electrons. The second-order valence-electron chi connectivity index (χ2n) is 7.35. The maximum absolute atomic E-state index is 12.7. The average molecular weight is 407 g/mol. The van der Waals surface area contributed by atoms with Gasteiger partial charge in [-0.25, -0.2) is 14.8 Å². The molecule has 3 heterocycles. The lowest BCUT2D eigenvalue weighted by atomic mass is 10.1. The predicted octanol–water partition coefficient (Wildman–Crippen LogP) is 3.27. The van der Waals surface area contributed by atoms with Gasteiger partial charge in [-0.1, -0.05) is 29.5 Å². The molecule has 0 spiro atoms. The van der Waals surface area contributed by atoms with Gasteiger partial charge in [-0.2, -0.15) is 5.26 Å². The van der Waals surface area contributed by atoms with Crippen LogP contribution in [0.25, 0.3) is 10.3 Å². The zero-order valence-electron chi connectivity index (χ0n) is 15.4. The number of nitriles is 1. The molecule has 8 nitrogen and oxygen atoms in total. The van der Waals surface area contributed by atoms with Gasteiger partial charge < -0.3 is 9.72 Å². The molecule has 9 heteroatoms. The van der Waals surface area contributed by atoms with E-state index >= 15 is 0 Å². The van der Waals surface area contributed by atoms with E-state index in [1.54, 1.807) is 29.2 Å². The Kier molecular flexibility index (Phi) is 4.10. The SMILES string of the molecule is N#CC1(c2nc3sc(C4CCCN4C(=O)Oc4ccccc4)nc3c(=O)[nH]2)CC1. The molecule has 1 aliphatic heterocycles. The molecule has 29 heavy (non-hydrogen) atoms. The summed E-state index contributed by atoms with van der Waals surface area (Å²) in [5.74, 6) is 0.904. The molecule has 0 bridgehead atoms. The van der Waals surface area contributed by atoms with E-state index < -0.39 is 11.5 Å². The Balaban J connectivity index is 1.45. The summed E-state index contributed by atoms with van der Waals surface area (Å²) in [5, 5.41) is 10.1. The van der Waals surface area contributed by atoms with Gasteiger partial charge >= 0.3 is 6.09 Å². The molecule has 1 saturated carbocycles. The summed E-state index contributed by atoms with van der Waals surface area (Å²) in [7, 11) is 0. The number of amides is 1. The van der Waals surface area contributed by atoms with Crippen molar-refractivity contribution in [2.75, 3.05) is 6.54 Å². The van der Waals surface area contributed by atoms with Crippen LogP contribution in [-0.2, 0) is 5.41 Å². The van der Waals surface area contributed by atoms with Crippen LogP contribution in [0.4, 0.5) is 4.79 Å². The van der Waals surface area contributed by atoms with Gasteiger partial charge in [-0.05, 0) is 37.8 Å². The van der Waals surface area contributed by atoms with E-state index in [0.29, 0.717) is 40.8 Å². The van der Waals surface area contributed by atoms with Gasteiger partial charge in [-0.3, -0.25) is 9.69 Å². The number of hydrogen-bond acceptors (Lipinski definition) is 7. The molecule has 2 aromatic heterocycles. The second kappa shape index (κ2) is 6.67. The molecule has 1 amide bonds. The third kappa shape index (κ3) is 3.06. The Labute approximate surface area is 169 Å². The standard InChI is InChI=1S/C20H17N5O3S/c21-11-20(8-9-20)18-23-15(26)14-17(24-18)29-16(22-14)13-7-4-10-25(13)19(27)28-12-5-2-1-3-6-12/h1-3,5-6,13H,4,7-10H2,(H,23,24,26). The van der Waals surface area contributed by atoms with Crippen molar-refractivity contribution >= 4 is 27.8 Å². The van der Waals surface area contributed by atoms with Crippen molar-refractivity contribution in [3.63, 3.8) is 0 Å². The van der Waals surface area contributed by atoms with Crippen LogP contribution in [-0.4, -0.2) is 32.5 Å². The van der Waals surface area contributed by atoms with Crippen molar-refractivity contribution in [2.24, 2.45) is 0 Å². The highest BCUT2D eigenvalue weighted by Crippen LogP contribution is 2.46. The number of ether oxygens (including phenoxy) is 1. The van der Waals surface area contributed by atoms with Gasteiger partial charge in [0.05, 0.1) is 12.1 Å². The third-order valence-corrected chi connectivity index (χ3v) is 6.47. The first-order valence-electron chi connectivity index (χ1n) is 9.46. The number of hydrogen-bond donors (Lipinski definition) is 1. The highest BCUT2D eigenvalue weighted by molar-refractivity contribution is 7.18. The number of thiazole rings is 1.